The van der Waals surface area contributed by atoms with Crippen molar-refractivity contribution < 1.29 is 13.2 Å². The number of hydrazone groups is 1. The molecule has 1 aliphatic rings. The minimum atomic E-state index is -4.04. The Labute approximate surface area is 206 Å². The average Bonchev–Trinajstić information content (AvgIpc) is 2.76. The number of sulfonamides is 1. The summed E-state index contributed by atoms with van der Waals surface area (Å²) in [7, 11) is -4.04. The van der Waals surface area contributed by atoms with Crippen LogP contribution in [-0.4, -0.2) is 26.6 Å². The second-order valence-corrected chi connectivity index (χ2v) is 12.0. The summed E-state index contributed by atoms with van der Waals surface area (Å²) in [4.78, 5) is 12.8. The lowest BCUT2D eigenvalue weighted by molar-refractivity contribution is -0.119. The monoisotopic (exact) mass is 509 g/mol. The third kappa shape index (κ3) is 6.71. The number of nitrogens with one attached hydrogen (secondary N) is 1. The van der Waals surface area contributed by atoms with Crippen molar-refractivity contribution in [2.75, 3.05) is 10.8 Å². The first kappa shape index (κ1) is 25.5. The van der Waals surface area contributed by atoms with Crippen LogP contribution in [0.1, 0.15) is 46.5 Å². The molecule has 1 saturated carbocycles. The minimum Gasteiger partial charge on any atom is -0.271 e. The Hall–Kier alpha value is -2.09. The minimum absolute atomic E-state index is 0.0199. The van der Waals surface area contributed by atoms with Gasteiger partial charge < -0.3 is 0 Å². The molecule has 1 aliphatic carbocycles. The van der Waals surface area contributed by atoms with E-state index in [1.165, 1.54) is 30.3 Å². The Morgan fingerprint density at radius 1 is 1.06 bits per heavy atom. The smallest absolute Gasteiger partial charge is 0.264 e. The lowest BCUT2D eigenvalue weighted by Gasteiger charge is -2.34. The molecule has 0 atom stereocenters. The van der Waals surface area contributed by atoms with E-state index in [4.69, 9.17) is 23.2 Å². The molecule has 0 saturated heterocycles. The molecule has 1 amide bonds. The van der Waals surface area contributed by atoms with Gasteiger partial charge in [0, 0.05) is 15.8 Å². The van der Waals surface area contributed by atoms with Gasteiger partial charge in [0.05, 0.1) is 10.6 Å². The van der Waals surface area contributed by atoms with Gasteiger partial charge in [-0.25, -0.2) is 13.8 Å². The van der Waals surface area contributed by atoms with Crippen molar-refractivity contribution in [3.8, 4) is 0 Å². The van der Waals surface area contributed by atoms with Crippen LogP contribution in [0, 0.1) is 11.3 Å². The molecule has 0 heterocycles. The van der Waals surface area contributed by atoms with Crippen molar-refractivity contribution in [2.24, 2.45) is 16.4 Å². The molecule has 0 spiro atoms. The van der Waals surface area contributed by atoms with E-state index < -0.39 is 22.5 Å². The quantitative estimate of drug-likeness (QED) is 0.492. The Balaban J connectivity index is 1.77. The maximum absolute atomic E-state index is 13.4. The topological polar surface area (TPSA) is 78.8 Å². The zero-order chi connectivity index (χ0) is 24.2. The van der Waals surface area contributed by atoms with Gasteiger partial charge in [0.25, 0.3) is 15.9 Å². The predicted octanol–water partition coefficient (Wildman–Crippen LogP) is 5.90. The highest BCUT2D eigenvalue weighted by atomic mass is 35.5. The highest BCUT2D eigenvalue weighted by Gasteiger charge is 2.29. The first-order chi connectivity index (χ1) is 15.5. The van der Waals surface area contributed by atoms with E-state index >= 15 is 0 Å². The molecule has 2 aromatic carbocycles. The normalized spacial score (nSPS) is 16.9. The van der Waals surface area contributed by atoms with E-state index in [2.05, 4.69) is 31.3 Å². The Bertz CT molecular complexity index is 1120. The molecule has 1 fully saturated rings. The fraction of sp³-hybridized carbons (Fsp3) is 0.417. The summed E-state index contributed by atoms with van der Waals surface area (Å²) in [5.74, 6) is 0.0907. The fourth-order valence-electron chi connectivity index (χ4n) is 3.92. The molecule has 0 radical (unpaired) electrons. The van der Waals surface area contributed by atoms with E-state index in [9.17, 15) is 13.2 Å². The standard InChI is InChI=1S/C24H29Cl2N3O3S/c1-24(2,3)17-7-11-20(12-8-17)27-28-23(30)16-29(21-6-4-5-19(26)15-21)33(31,32)22-13-9-18(25)10-14-22/h4-6,9-10,13-15,17H,7-8,11-12,16H2,1-3H3,(H,28,30). The highest BCUT2D eigenvalue weighted by molar-refractivity contribution is 7.92. The van der Waals surface area contributed by atoms with Crippen molar-refractivity contribution in [2.45, 2.75) is 51.3 Å². The molecule has 6 nitrogen and oxygen atoms in total. The van der Waals surface area contributed by atoms with Crippen LogP contribution in [-0.2, 0) is 14.8 Å². The van der Waals surface area contributed by atoms with Gasteiger partial charge in [0.1, 0.15) is 6.54 Å². The zero-order valence-corrected chi connectivity index (χ0v) is 21.3. The van der Waals surface area contributed by atoms with Crippen LogP contribution in [0.3, 0.4) is 0 Å². The molecule has 0 unspecified atom stereocenters. The van der Waals surface area contributed by atoms with E-state index in [-0.39, 0.29) is 16.0 Å². The van der Waals surface area contributed by atoms with Crippen molar-refractivity contribution in [3.63, 3.8) is 0 Å². The number of carbonyl (C=O) groups is 1. The Morgan fingerprint density at radius 3 is 2.27 bits per heavy atom. The third-order valence-electron chi connectivity index (χ3n) is 5.91. The number of benzene rings is 2. The van der Waals surface area contributed by atoms with Gasteiger partial charge >= 0.3 is 0 Å². The summed E-state index contributed by atoms with van der Waals surface area (Å²) in [5, 5.41) is 5.06. The third-order valence-corrected chi connectivity index (χ3v) is 8.19. The second kappa shape index (κ2) is 10.5. The first-order valence-electron chi connectivity index (χ1n) is 10.8. The number of hydrogen-bond acceptors (Lipinski definition) is 4. The number of anilines is 1. The number of hydrogen-bond donors (Lipinski definition) is 1. The first-order valence-corrected chi connectivity index (χ1v) is 13.0. The lowest BCUT2D eigenvalue weighted by atomic mass is 9.72. The summed E-state index contributed by atoms with van der Waals surface area (Å²) in [6, 6.07) is 12.2. The highest BCUT2D eigenvalue weighted by Crippen LogP contribution is 2.36. The number of amides is 1. The SMILES string of the molecule is CC(C)(C)C1CCC(=NNC(=O)CN(c2cccc(Cl)c2)S(=O)(=O)c2ccc(Cl)cc2)CC1. The zero-order valence-electron chi connectivity index (χ0n) is 19.0. The van der Waals surface area contributed by atoms with Gasteiger partial charge in [-0.05, 0) is 79.5 Å². The van der Waals surface area contributed by atoms with Crippen molar-refractivity contribution in [1.29, 1.82) is 0 Å². The fourth-order valence-corrected chi connectivity index (χ4v) is 5.64. The molecule has 9 heteroatoms. The molecule has 178 valence electrons. The molecular formula is C24H29Cl2N3O3S. The number of nitrogens with zero attached hydrogens (tertiary/aromatic N) is 2. The molecule has 1 N–H and O–H groups in total. The number of carbonyl (C=O) groups excluding carboxylic acids is 1. The molecule has 0 bridgehead atoms. The van der Waals surface area contributed by atoms with Crippen molar-refractivity contribution >= 4 is 50.5 Å². The van der Waals surface area contributed by atoms with Gasteiger partial charge in [-0.2, -0.15) is 5.10 Å². The Morgan fingerprint density at radius 2 is 1.70 bits per heavy atom. The van der Waals surface area contributed by atoms with Gasteiger partial charge in [0.2, 0.25) is 0 Å². The predicted molar refractivity (Wildman–Crippen MR) is 134 cm³/mol. The van der Waals surface area contributed by atoms with Gasteiger partial charge in [0.15, 0.2) is 0 Å². The summed E-state index contributed by atoms with van der Waals surface area (Å²) < 4.78 is 27.7. The van der Waals surface area contributed by atoms with Gasteiger partial charge in [-0.1, -0.05) is 50.0 Å². The van der Waals surface area contributed by atoms with Gasteiger partial charge in [-0.15, -0.1) is 0 Å². The van der Waals surface area contributed by atoms with Crippen LogP contribution in [0.2, 0.25) is 10.0 Å². The van der Waals surface area contributed by atoms with Crippen LogP contribution in [0.25, 0.3) is 0 Å². The van der Waals surface area contributed by atoms with Crippen LogP contribution in [0.4, 0.5) is 5.69 Å². The van der Waals surface area contributed by atoms with Crippen LogP contribution >= 0.6 is 23.2 Å². The molecule has 33 heavy (non-hydrogen) atoms. The van der Waals surface area contributed by atoms with E-state index in [1.807, 2.05) is 0 Å². The summed E-state index contributed by atoms with van der Waals surface area (Å²) >= 11 is 12.0. The molecule has 0 aliphatic heterocycles. The van der Waals surface area contributed by atoms with Crippen molar-refractivity contribution in [1.82, 2.24) is 5.43 Å². The molecule has 0 aromatic heterocycles. The second-order valence-electron chi connectivity index (χ2n) is 9.30. The van der Waals surface area contributed by atoms with E-state index in [1.54, 1.807) is 18.2 Å². The average molecular weight is 510 g/mol. The maximum atomic E-state index is 13.4. The summed E-state index contributed by atoms with van der Waals surface area (Å²) in [5.41, 5.74) is 4.01. The molecule has 3 rings (SSSR count). The Kier molecular flexibility index (Phi) is 8.08. The van der Waals surface area contributed by atoms with Crippen LogP contribution in [0.5, 0.6) is 0 Å². The lowest BCUT2D eigenvalue weighted by Crippen LogP contribution is -2.40. The number of rotatable bonds is 6. The maximum Gasteiger partial charge on any atom is 0.264 e. The summed E-state index contributed by atoms with van der Waals surface area (Å²) in [6.45, 7) is 6.29. The van der Waals surface area contributed by atoms with Crippen LogP contribution < -0.4 is 9.73 Å². The molecule has 2 aromatic rings. The number of halogens is 2. The van der Waals surface area contributed by atoms with Gasteiger partial charge in [-0.3, -0.25) is 9.10 Å². The van der Waals surface area contributed by atoms with Crippen LogP contribution in [0.15, 0.2) is 58.5 Å². The van der Waals surface area contributed by atoms with E-state index in [0.717, 1.165) is 35.7 Å². The summed E-state index contributed by atoms with van der Waals surface area (Å²) in [6.07, 6.45) is 3.70. The van der Waals surface area contributed by atoms with E-state index in [0.29, 0.717) is 16.0 Å². The van der Waals surface area contributed by atoms with Crippen molar-refractivity contribution in [3.05, 3.63) is 58.6 Å². The molecular weight excluding hydrogens is 481 g/mol. The largest absolute Gasteiger partial charge is 0.271 e.